The second-order valence-electron chi connectivity index (χ2n) is 6.14. The first-order chi connectivity index (χ1) is 12.6. The van der Waals surface area contributed by atoms with Crippen LogP contribution >= 0.6 is 0 Å². The van der Waals surface area contributed by atoms with E-state index in [9.17, 15) is 4.79 Å². The molecule has 2 N–H and O–H groups in total. The summed E-state index contributed by atoms with van der Waals surface area (Å²) in [7, 11) is 0. The Hall–Kier alpha value is -3.35. The predicted molar refractivity (Wildman–Crippen MR) is 96.9 cm³/mol. The Labute approximate surface area is 150 Å². The highest BCUT2D eigenvalue weighted by Gasteiger charge is 2.24. The fourth-order valence-corrected chi connectivity index (χ4v) is 2.72. The first-order valence-electron chi connectivity index (χ1n) is 8.37. The number of carbonyl (C=O) groups is 1. The van der Waals surface area contributed by atoms with Gasteiger partial charge in [0.25, 0.3) is 5.91 Å². The van der Waals surface area contributed by atoms with Crippen LogP contribution in [0.2, 0.25) is 0 Å². The molecule has 7 nitrogen and oxygen atoms in total. The van der Waals surface area contributed by atoms with Gasteiger partial charge in [0.1, 0.15) is 11.8 Å². The summed E-state index contributed by atoms with van der Waals surface area (Å²) in [4.78, 5) is 11.8. The van der Waals surface area contributed by atoms with Gasteiger partial charge in [0.2, 0.25) is 11.8 Å². The minimum atomic E-state index is -0.491. The lowest BCUT2D eigenvalue weighted by Gasteiger charge is -2.24. The van der Waals surface area contributed by atoms with Crippen molar-refractivity contribution in [2.24, 2.45) is 0 Å². The van der Waals surface area contributed by atoms with E-state index in [1.807, 2.05) is 55.5 Å². The zero-order valence-corrected chi connectivity index (χ0v) is 14.4. The van der Waals surface area contributed by atoms with Crippen molar-refractivity contribution in [3.05, 3.63) is 54.4 Å². The second kappa shape index (κ2) is 6.51. The molecule has 7 heteroatoms. The van der Waals surface area contributed by atoms with E-state index in [1.54, 1.807) is 6.92 Å². The van der Waals surface area contributed by atoms with Gasteiger partial charge in [0.05, 0.1) is 5.69 Å². The summed E-state index contributed by atoms with van der Waals surface area (Å²) in [5, 5.41) is 14.4. The molecule has 26 heavy (non-hydrogen) atoms. The van der Waals surface area contributed by atoms with E-state index in [4.69, 9.17) is 9.15 Å². The van der Waals surface area contributed by atoms with Crippen LogP contribution < -0.4 is 15.4 Å². The molecular weight excluding hydrogens is 332 g/mol. The molecule has 0 fully saturated rings. The van der Waals surface area contributed by atoms with Crippen LogP contribution in [0.15, 0.2) is 52.9 Å². The number of ether oxygens (including phenoxy) is 1. The molecule has 2 heterocycles. The van der Waals surface area contributed by atoms with Crippen molar-refractivity contribution in [2.45, 2.75) is 26.0 Å². The maximum absolute atomic E-state index is 11.8. The van der Waals surface area contributed by atoms with Crippen LogP contribution in [0.1, 0.15) is 25.8 Å². The Balaban J connectivity index is 1.50. The third kappa shape index (κ3) is 3.11. The Morgan fingerprint density at radius 2 is 1.96 bits per heavy atom. The number of anilines is 2. The van der Waals surface area contributed by atoms with Crippen LogP contribution in [0.5, 0.6) is 5.75 Å². The SMILES string of the molecule is C[C@@H]1Oc2ccc(N[C@H](C)c3nnc(-c4ccccc4)o3)cc2NC1=O. The highest BCUT2D eigenvalue weighted by atomic mass is 16.5. The van der Waals surface area contributed by atoms with E-state index in [1.165, 1.54) is 0 Å². The van der Waals surface area contributed by atoms with Gasteiger partial charge in [-0.15, -0.1) is 10.2 Å². The zero-order chi connectivity index (χ0) is 18.1. The van der Waals surface area contributed by atoms with Crippen LogP contribution in [0.25, 0.3) is 11.5 Å². The third-order valence-corrected chi connectivity index (χ3v) is 4.13. The summed E-state index contributed by atoms with van der Waals surface area (Å²) in [5.74, 6) is 1.45. The summed E-state index contributed by atoms with van der Waals surface area (Å²) < 4.78 is 11.3. The number of amides is 1. The van der Waals surface area contributed by atoms with E-state index < -0.39 is 6.10 Å². The molecule has 0 spiro atoms. The van der Waals surface area contributed by atoms with Gasteiger partial charge >= 0.3 is 0 Å². The monoisotopic (exact) mass is 350 g/mol. The number of rotatable bonds is 4. The second-order valence-corrected chi connectivity index (χ2v) is 6.14. The molecule has 0 unspecified atom stereocenters. The first-order valence-corrected chi connectivity index (χ1v) is 8.37. The summed E-state index contributed by atoms with van der Waals surface area (Å²) >= 11 is 0. The van der Waals surface area contributed by atoms with Gasteiger partial charge in [0.15, 0.2) is 6.10 Å². The first kappa shape index (κ1) is 16.1. The topological polar surface area (TPSA) is 89.3 Å². The van der Waals surface area contributed by atoms with Gasteiger partial charge in [-0.25, -0.2) is 0 Å². The maximum Gasteiger partial charge on any atom is 0.265 e. The molecule has 0 aliphatic carbocycles. The van der Waals surface area contributed by atoms with Gasteiger partial charge < -0.3 is 19.8 Å². The van der Waals surface area contributed by atoms with Crippen LogP contribution in [0.3, 0.4) is 0 Å². The maximum atomic E-state index is 11.8. The minimum Gasteiger partial charge on any atom is -0.479 e. The molecule has 2 atom stereocenters. The van der Waals surface area contributed by atoms with Crippen molar-refractivity contribution < 1.29 is 13.9 Å². The standard InChI is InChI=1S/C19H18N4O3/c1-11(18-22-23-19(26-18)13-6-4-3-5-7-13)20-14-8-9-16-15(10-14)21-17(24)12(2)25-16/h3-12,20H,1-2H3,(H,21,24)/t11-,12+/m1/s1. The molecule has 0 saturated heterocycles. The van der Waals surface area contributed by atoms with Crippen molar-refractivity contribution in [1.29, 1.82) is 0 Å². The Morgan fingerprint density at radius 3 is 2.77 bits per heavy atom. The van der Waals surface area contributed by atoms with Crippen molar-refractivity contribution in [2.75, 3.05) is 10.6 Å². The summed E-state index contributed by atoms with van der Waals surface area (Å²) in [6.45, 7) is 3.64. The van der Waals surface area contributed by atoms with E-state index >= 15 is 0 Å². The molecule has 1 aliphatic rings. The summed E-state index contributed by atoms with van der Waals surface area (Å²) in [5.41, 5.74) is 2.33. The van der Waals surface area contributed by atoms with Gasteiger partial charge in [-0.05, 0) is 44.2 Å². The fourth-order valence-electron chi connectivity index (χ4n) is 2.72. The number of benzene rings is 2. The largest absolute Gasteiger partial charge is 0.479 e. The predicted octanol–water partition coefficient (Wildman–Crippen LogP) is 3.63. The number of hydrogen-bond acceptors (Lipinski definition) is 6. The molecule has 4 rings (SSSR count). The Morgan fingerprint density at radius 1 is 1.15 bits per heavy atom. The highest BCUT2D eigenvalue weighted by molar-refractivity contribution is 5.98. The molecular formula is C19H18N4O3. The third-order valence-electron chi connectivity index (χ3n) is 4.13. The number of aromatic nitrogens is 2. The van der Waals surface area contributed by atoms with Crippen LogP contribution in [-0.2, 0) is 4.79 Å². The molecule has 0 radical (unpaired) electrons. The fraction of sp³-hybridized carbons (Fsp3) is 0.211. The molecule has 132 valence electrons. The number of fused-ring (bicyclic) bond motifs is 1. The Bertz CT molecular complexity index is 939. The minimum absolute atomic E-state index is 0.160. The number of carbonyl (C=O) groups excluding carboxylic acids is 1. The van der Waals surface area contributed by atoms with Gasteiger partial charge in [-0.1, -0.05) is 18.2 Å². The van der Waals surface area contributed by atoms with Crippen molar-refractivity contribution in [3.8, 4) is 17.2 Å². The van der Waals surface area contributed by atoms with Gasteiger partial charge in [-0.3, -0.25) is 4.79 Å². The molecule has 1 aromatic heterocycles. The number of nitrogens with zero attached hydrogens (tertiary/aromatic N) is 2. The lowest BCUT2D eigenvalue weighted by atomic mass is 10.2. The average Bonchev–Trinajstić information content (AvgIpc) is 3.14. The molecule has 1 aliphatic heterocycles. The lowest BCUT2D eigenvalue weighted by molar-refractivity contribution is -0.122. The number of nitrogens with one attached hydrogen (secondary N) is 2. The van der Waals surface area contributed by atoms with Crippen LogP contribution in [-0.4, -0.2) is 22.2 Å². The molecule has 1 amide bonds. The average molecular weight is 350 g/mol. The van der Waals surface area contributed by atoms with Crippen LogP contribution in [0.4, 0.5) is 11.4 Å². The highest BCUT2D eigenvalue weighted by Crippen LogP contribution is 2.33. The van der Waals surface area contributed by atoms with Crippen molar-refractivity contribution in [3.63, 3.8) is 0 Å². The zero-order valence-electron chi connectivity index (χ0n) is 14.4. The molecule has 0 bridgehead atoms. The summed E-state index contributed by atoms with van der Waals surface area (Å²) in [6, 6.07) is 14.9. The quantitative estimate of drug-likeness (QED) is 0.747. The molecule has 3 aromatic rings. The van der Waals surface area contributed by atoms with E-state index in [2.05, 4.69) is 20.8 Å². The lowest BCUT2D eigenvalue weighted by Crippen LogP contribution is -2.34. The normalized spacial score (nSPS) is 17.0. The summed E-state index contributed by atoms with van der Waals surface area (Å²) in [6.07, 6.45) is -0.491. The van der Waals surface area contributed by atoms with Gasteiger partial charge in [-0.2, -0.15) is 0 Å². The number of hydrogen-bond donors (Lipinski definition) is 2. The van der Waals surface area contributed by atoms with Crippen LogP contribution in [0, 0.1) is 0 Å². The smallest absolute Gasteiger partial charge is 0.265 e. The molecule has 2 aromatic carbocycles. The van der Waals surface area contributed by atoms with Crippen molar-refractivity contribution in [1.82, 2.24) is 10.2 Å². The molecule has 0 saturated carbocycles. The van der Waals surface area contributed by atoms with E-state index in [0.717, 1.165) is 11.3 Å². The van der Waals surface area contributed by atoms with E-state index in [0.29, 0.717) is 23.2 Å². The Kier molecular flexibility index (Phi) is 4.04. The van der Waals surface area contributed by atoms with E-state index in [-0.39, 0.29) is 11.9 Å². The van der Waals surface area contributed by atoms with Crippen molar-refractivity contribution >= 4 is 17.3 Å². The van der Waals surface area contributed by atoms with Gasteiger partial charge in [0, 0.05) is 11.3 Å².